The van der Waals surface area contributed by atoms with E-state index in [0.717, 1.165) is 23.8 Å². The highest BCUT2D eigenvalue weighted by molar-refractivity contribution is 7.98. The lowest BCUT2D eigenvalue weighted by atomic mass is 10.2. The molecule has 0 radical (unpaired) electrons. The molecule has 1 atom stereocenters. The Morgan fingerprint density at radius 3 is 2.67 bits per heavy atom. The highest BCUT2D eigenvalue weighted by atomic mass is 32.2. The molecule has 0 aliphatic rings. The molecular formula is C12H22N4OS. The summed E-state index contributed by atoms with van der Waals surface area (Å²) >= 11 is 1.83. The molecule has 0 aliphatic heterocycles. The van der Waals surface area contributed by atoms with Gasteiger partial charge in [0.2, 0.25) is 0 Å². The van der Waals surface area contributed by atoms with Gasteiger partial charge in [0, 0.05) is 32.0 Å². The maximum absolute atomic E-state index is 5.08. The molecule has 0 bridgehead atoms. The third kappa shape index (κ3) is 4.70. The van der Waals surface area contributed by atoms with E-state index in [1.54, 1.807) is 7.11 Å². The first-order valence-electron chi connectivity index (χ1n) is 6.03. The predicted octanol–water partition coefficient (Wildman–Crippen LogP) is 2.22. The maximum Gasteiger partial charge on any atom is 0.158 e. The minimum atomic E-state index is 0.420. The largest absolute Gasteiger partial charge is 0.377 e. The van der Waals surface area contributed by atoms with Crippen molar-refractivity contribution < 1.29 is 4.74 Å². The number of anilines is 2. The Morgan fingerprint density at radius 2 is 2.11 bits per heavy atom. The van der Waals surface area contributed by atoms with Crippen molar-refractivity contribution in [1.29, 1.82) is 0 Å². The normalized spacial score (nSPS) is 12.2. The molecule has 0 aromatic carbocycles. The molecule has 18 heavy (non-hydrogen) atoms. The summed E-state index contributed by atoms with van der Waals surface area (Å²) in [5.74, 6) is 3.40. The van der Waals surface area contributed by atoms with Crippen LogP contribution in [0.25, 0.3) is 0 Å². The maximum atomic E-state index is 5.08. The van der Waals surface area contributed by atoms with Crippen molar-refractivity contribution in [2.45, 2.75) is 26.0 Å². The van der Waals surface area contributed by atoms with Crippen LogP contribution in [0.1, 0.15) is 19.2 Å². The van der Waals surface area contributed by atoms with Crippen molar-refractivity contribution in [2.24, 2.45) is 0 Å². The van der Waals surface area contributed by atoms with E-state index in [2.05, 4.69) is 33.8 Å². The number of rotatable bonds is 8. The SMILES string of the molecule is CCC(CSC)Nc1cc(NC)nc(COC)n1. The second kappa shape index (κ2) is 8.16. The van der Waals surface area contributed by atoms with E-state index >= 15 is 0 Å². The van der Waals surface area contributed by atoms with Gasteiger partial charge in [-0.25, -0.2) is 9.97 Å². The van der Waals surface area contributed by atoms with Crippen molar-refractivity contribution in [2.75, 3.05) is 36.8 Å². The molecular weight excluding hydrogens is 248 g/mol. The first-order chi connectivity index (χ1) is 8.73. The Balaban J connectivity index is 2.82. The Labute approximate surface area is 113 Å². The fourth-order valence-corrected chi connectivity index (χ4v) is 2.29. The number of nitrogens with one attached hydrogen (secondary N) is 2. The Bertz CT molecular complexity index is 362. The van der Waals surface area contributed by atoms with E-state index < -0.39 is 0 Å². The fourth-order valence-electron chi connectivity index (χ4n) is 1.56. The van der Waals surface area contributed by atoms with Crippen molar-refractivity contribution in [3.05, 3.63) is 11.9 Å². The zero-order valence-corrected chi connectivity index (χ0v) is 12.3. The van der Waals surface area contributed by atoms with E-state index in [1.165, 1.54) is 0 Å². The van der Waals surface area contributed by atoms with Gasteiger partial charge < -0.3 is 15.4 Å². The monoisotopic (exact) mass is 270 g/mol. The highest BCUT2D eigenvalue weighted by Crippen LogP contribution is 2.14. The van der Waals surface area contributed by atoms with Crippen LogP contribution in [-0.2, 0) is 11.3 Å². The van der Waals surface area contributed by atoms with Gasteiger partial charge in [-0.15, -0.1) is 0 Å². The van der Waals surface area contributed by atoms with Crippen LogP contribution in [0.5, 0.6) is 0 Å². The van der Waals surface area contributed by atoms with Gasteiger partial charge in [-0.1, -0.05) is 6.92 Å². The van der Waals surface area contributed by atoms with Gasteiger partial charge in [-0.05, 0) is 12.7 Å². The Hall–Kier alpha value is -1.01. The number of thioether (sulfide) groups is 1. The van der Waals surface area contributed by atoms with Gasteiger partial charge in [-0.3, -0.25) is 0 Å². The van der Waals surface area contributed by atoms with Crippen LogP contribution in [-0.4, -0.2) is 42.2 Å². The number of ether oxygens (including phenoxy) is 1. The van der Waals surface area contributed by atoms with Gasteiger partial charge in [0.25, 0.3) is 0 Å². The van der Waals surface area contributed by atoms with Crippen molar-refractivity contribution in [3.63, 3.8) is 0 Å². The Morgan fingerprint density at radius 1 is 1.39 bits per heavy atom. The van der Waals surface area contributed by atoms with Crippen molar-refractivity contribution in [3.8, 4) is 0 Å². The molecule has 1 aromatic rings. The molecule has 0 saturated carbocycles. The van der Waals surface area contributed by atoms with Crippen molar-refractivity contribution >= 4 is 23.4 Å². The molecule has 0 spiro atoms. The average molecular weight is 270 g/mol. The lowest BCUT2D eigenvalue weighted by Gasteiger charge is -2.17. The van der Waals surface area contributed by atoms with Crippen LogP contribution in [0.4, 0.5) is 11.6 Å². The molecule has 6 heteroatoms. The number of nitrogens with zero attached hydrogens (tertiary/aromatic N) is 2. The van der Waals surface area contributed by atoms with E-state index in [9.17, 15) is 0 Å². The lowest BCUT2D eigenvalue weighted by Crippen LogP contribution is -2.22. The van der Waals surface area contributed by atoms with Gasteiger partial charge in [0.05, 0.1) is 0 Å². The minimum absolute atomic E-state index is 0.420. The molecule has 1 aromatic heterocycles. The summed E-state index contributed by atoms with van der Waals surface area (Å²) in [6.07, 6.45) is 3.18. The topological polar surface area (TPSA) is 59.1 Å². The molecule has 5 nitrogen and oxygen atoms in total. The summed E-state index contributed by atoms with van der Waals surface area (Å²) in [4.78, 5) is 8.77. The van der Waals surface area contributed by atoms with Crippen LogP contribution < -0.4 is 10.6 Å². The first kappa shape index (κ1) is 15.0. The summed E-state index contributed by atoms with van der Waals surface area (Å²) in [5.41, 5.74) is 0. The minimum Gasteiger partial charge on any atom is -0.377 e. The molecule has 102 valence electrons. The van der Waals surface area contributed by atoms with Gasteiger partial charge in [-0.2, -0.15) is 11.8 Å². The number of hydrogen-bond donors (Lipinski definition) is 2. The summed E-state index contributed by atoms with van der Waals surface area (Å²) in [6, 6.07) is 2.34. The zero-order valence-electron chi connectivity index (χ0n) is 11.5. The molecule has 1 heterocycles. The third-order valence-corrected chi connectivity index (χ3v) is 3.25. The number of aromatic nitrogens is 2. The van der Waals surface area contributed by atoms with E-state index in [0.29, 0.717) is 18.5 Å². The smallest absolute Gasteiger partial charge is 0.158 e. The summed E-state index contributed by atoms with van der Waals surface area (Å²) in [7, 11) is 3.49. The molecule has 0 aliphatic carbocycles. The molecule has 0 fully saturated rings. The van der Waals surface area contributed by atoms with E-state index in [-0.39, 0.29) is 0 Å². The Kier molecular flexibility index (Phi) is 6.82. The zero-order chi connectivity index (χ0) is 13.4. The molecule has 1 rings (SSSR count). The highest BCUT2D eigenvalue weighted by Gasteiger charge is 2.09. The standard InChI is InChI=1S/C12H22N4OS/c1-5-9(8-18-4)14-11-6-10(13-2)15-12(16-11)7-17-3/h6,9H,5,7-8H2,1-4H3,(H2,13,14,15,16). The third-order valence-electron chi connectivity index (χ3n) is 2.51. The van der Waals surface area contributed by atoms with E-state index in [4.69, 9.17) is 4.74 Å². The first-order valence-corrected chi connectivity index (χ1v) is 7.43. The summed E-state index contributed by atoms with van der Waals surface area (Å²) in [5, 5.41) is 6.47. The average Bonchev–Trinajstić information content (AvgIpc) is 2.38. The van der Waals surface area contributed by atoms with Crippen LogP contribution in [0.15, 0.2) is 6.07 Å². The fraction of sp³-hybridized carbons (Fsp3) is 0.667. The number of methoxy groups -OCH3 is 1. The summed E-state index contributed by atoms with van der Waals surface area (Å²) < 4.78 is 5.08. The summed E-state index contributed by atoms with van der Waals surface area (Å²) in [6.45, 7) is 2.59. The number of hydrogen-bond acceptors (Lipinski definition) is 6. The second-order valence-electron chi connectivity index (χ2n) is 3.94. The predicted molar refractivity (Wildman–Crippen MR) is 78.4 cm³/mol. The molecule has 2 N–H and O–H groups in total. The van der Waals surface area contributed by atoms with Gasteiger partial charge >= 0.3 is 0 Å². The van der Waals surface area contributed by atoms with Crippen LogP contribution in [0.2, 0.25) is 0 Å². The molecule has 0 saturated heterocycles. The lowest BCUT2D eigenvalue weighted by molar-refractivity contribution is 0.178. The van der Waals surface area contributed by atoms with Crippen LogP contribution >= 0.6 is 11.8 Å². The van der Waals surface area contributed by atoms with Crippen LogP contribution in [0.3, 0.4) is 0 Å². The van der Waals surface area contributed by atoms with Crippen molar-refractivity contribution in [1.82, 2.24) is 9.97 Å². The molecule has 1 unspecified atom stereocenters. The quantitative estimate of drug-likeness (QED) is 0.755. The second-order valence-corrected chi connectivity index (χ2v) is 4.85. The van der Waals surface area contributed by atoms with E-state index in [1.807, 2.05) is 24.9 Å². The molecule has 0 amide bonds. The van der Waals surface area contributed by atoms with Gasteiger partial charge in [0.1, 0.15) is 18.2 Å². The van der Waals surface area contributed by atoms with Gasteiger partial charge in [0.15, 0.2) is 5.82 Å². The van der Waals surface area contributed by atoms with Crippen LogP contribution in [0, 0.1) is 0 Å².